The van der Waals surface area contributed by atoms with Gasteiger partial charge in [-0.05, 0) is 37.0 Å². The van der Waals surface area contributed by atoms with Crippen LogP contribution in [0.2, 0.25) is 0 Å². The lowest BCUT2D eigenvalue weighted by molar-refractivity contribution is 0.626. The van der Waals surface area contributed by atoms with Gasteiger partial charge in [0.2, 0.25) is 0 Å². The summed E-state index contributed by atoms with van der Waals surface area (Å²) in [5.74, 6) is 5.21. The molecule has 0 unspecified atom stereocenters. The maximum absolute atomic E-state index is 13.0. The monoisotopic (exact) mass is 192 g/mol. The first-order chi connectivity index (χ1) is 6.81. The predicted octanol–water partition coefficient (Wildman–Crippen LogP) is 2.18. The van der Waals surface area contributed by atoms with E-state index in [0.29, 0.717) is 0 Å². The molecular weight excluding hydrogens is 179 g/mol. The summed E-state index contributed by atoms with van der Waals surface area (Å²) in [5, 5.41) is 0. The lowest BCUT2D eigenvalue weighted by Crippen LogP contribution is -2.23. The van der Waals surface area contributed by atoms with E-state index in [0.717, 1.165) is 24.1 Å². The number of benzene rings is 1. The van der Waals surface area contributed by atoms with Crippen molar-refractivity contribution in [2.45, 2.75) is 19.3 Å². The SMILES string of the molecule is NNC(=C1CCC1)c1cccc(F)c1. The fourth-order valence-corrected chi connectivity index (χ4v) is 1.64. The van der Waals surface area contributed by atoms with Gasteiger partial charge >= 0.3 is 0 Å². The summed E-state index contributed by atoms with van der Waals surface area (Å²) in [6, 6.07) is 6.49. The van der Waals surface area contributed by atoms with Crippen molar-refractivity contribution < 1.29 is 4.39 Å². The maximum Gasteiger partial charge on any atom is 0.123 e. The lowest BCUT2D eigenvalue weighted by Gasteiger charge is -2.21. The molecule has 1 aromatic carbocycles. The third-order valence-corrected chi connectivity index (χ3v) is 2.57. The molecular formula is C11H13FN2. The summed E-state index contributed by atoms with van der Waals surface area (Å²) < 4.78 is 13.0. The first-order valence-corrected chi connectivity index (χ1v) is 4.76. The van der Waals surface area contributed by atoms with Gasteiger partial charge in [0.15, 0.2) is 0 Å². The average Bonchev–Trinajstić information content (AvgIpc) is 2.10. The smallest absolute Gasteiger partial charge is 0.123 e. The minimum atomic E-state index is -0.227. The summed E-state index contributed by atoms with van der Waals surface area (Å²) in [4.78, 5) is 0. The van der Waals surface area contributed by atoms with Crippen LogP contribution < -0.4 is 11.3 Å². The Hall–Kier alpha value is -1.35. The zero-order valence-corrected chi connectivity index (χ0v) is 7.89. The number of nitrogens with two attached hydrogens (primary N) is 1. The van der Waals surface area contributed by atoms with Gasteiger partial charge in [-0.25, -0.2) is 4.39 Å². The Morgan fingerprint density at radius 2 is 2.14 bits per heavy atom. The van der Waals surface area contributed by atoms with Gasteiger partial charge in [-0.15, -0.1) is 0 Å². The summed E-state index contributed by atoms with van der Waals surface area (Å²) in [6.45, 7) is 0. The number of hydrazine groups is 1. The quantitative estimate of drug-likeness (QED) is 0.556. The third-order valence-electron chi connectivity index (χ3n) is 2.57. The molecule has 1 saturated carbocycles. The fourth-order valence-electron chi connectivity index (χ4n) is 1.64. The van der Waals surface area contributed by atoms with E-state index in [9.17, 15) is 4.39 Å². The molecule has 0 saturated heterocycles. The molecule has 1 aliphatic rings. The van der Waals surface area contributed by atoms with Crippen molar-refractivity contribution in [2.75, 3.05) is 0 Å². The highest BCUT2D eigenvalue weighted by molar-refractivity contribution is 5.67. The first kappa shape index (κ1) is 9.21. The molecule has 0 radical (unpaired) electrons. The number of nitrogens with one attached hydrogen (secondary N) is 1. The van der Waals surface area contributed by atoms with Crippen LogP contribution in [0.15, 0.2) is 29.8 Å². The minimum Gasteiger partial charge on any atom is -0.324 e. The number of halogens is 1. The molecule has 1 aromatic rings. The Morgan fingerprint density at radius 1 is 1.36 bits per heavy atom. The van der Waals surface area contributed by atoms with Crippen LogP contribution in [0.5, 0.6) is 0 Å². The molecule has 74 valence electrons. The van der Waals surface area contributed by atoms with Gasteiger partial charge in [0.05, 0.1) is 5.70 Å². The highest BCUT2D eigenvalue weighted by Gasteiger charge is 2.15. The van der Waals surface area contributed by atoms with E-state index in [-0.39, 0.29) is 5.82 Å². The number of rotatable bonds is 2. The van der Waals surface area contributed by atoms with Gasteiger partial charge in [-0.2, -0.15) is 0 Å². The molecule has 2 rings (SSSR count). The molecule has 2 nitrogen and oxygen atoms in total. The van der Waals surface area contributed by atoms with Crippen molar-refractivity contribution in [3.05, 3.63) is 41.2 Å². The Bertz CT molecular complexity index is 365. The van der Waals surface area contributed by atoms with Gasteiger partial charge in [-0.1, -0.05) is 12.1 Å². The molecule has 1 aliphatic carbocycles. The van der Waals surface area contributed by atoms with Gasteiger partial charge in [0.25, 0.3) is 0 Å². The van der Waals surface area contributed by atoms with Gasteiger partial charge in [-0.3, -0.25) is 5.84 Å². The largest absolute Gasteiger partial charge is 0.324 e. The third kappa shape index (κ3) is 1.63. The van der Waals surface area contributed by atoms with Crippen LogP contribution in [0.1, 0.15) is 24.8 Å². The maximum atomic E-state index is 13.0. The second-order valence-corrected chi connectivity index (χ2v) is 3.49. The topological polar surface area (TPSA) is 38.0 Å². The van der Waals surface area contributed by atoms with Crippen molar-refractivity contribution in [3.8, 4) is 0 Å². The molecule has 0 bridgehead atoms. The van der Waals surface area contributed by atoms with Crippen molar-refractivity contribution in [3.63, 3.8) is 0 Å². The van der Waals surface area contributed by atoms with Crippen LogP contribution in [0.25, 0.3) is 5.70 Å². The van der Waals surface area contributed by atoms with E-state index in [4.69, 9.17) is 5.84 Å². The van der Waals surface area contributed by atoms with E-state index in [1.165, 1.54) is 24.1 Å². The standard InChI is InChI=1S/C11H13FN2/c12-10-6-2-5-9(7-10)11(14-13)8-3-1-4-8/h2,5-7,14H,1,3-4,13H2. The summed E-state index contributed by atoms with van der Waals surface area (Å²) in [6.07, 6.45) is 3.34. The van der Waals surface area contributed by atoms with Crippen LogP contribution in [0.3, 0.4) is 0 Å². The minimum absolute atomic E-state index is 0.227. The number of hydrogen-bond acceptors (Lipinski definition) is 2. The molecule has 0 aliphatic heterocycles. The normalized spacial score (nSPS) is 14.9. The van der Waals surface area contributed by atoms with Gasteiger partial charge in [0.1, 0.15) is 5.82 Å². The average molecular weight is 192 g/mol. The Balaban J connectivity index is 2.36. The summed E-state index contributed by atoms with van der Waals surface area (Å²) >= 11 is 0. The fraction of sp³-hybridized carbons (Fsp3) is 0.273. The molecule has 0 atom stereocenters. The van der Waals surface area contributed by atoms with Crippen molar-refractivity contribution in [1.29, 1.82) is 0 Å². The first-order valence-electron chi connectivity index (χ1n) is 4.76. The van der Waals surface area contributed by atoms with Gasteiger partial charge < -0.3 is 5.43 Å². The van der Waals surface area contributed by atoms with Crippen LogP contribution in [-0.4, -0.2) is 0 Å². The Labute approximate surface area is 82.6 Å². The molecule has 1 fully saturated rings. The van der Waals surface area contributed by atoms with E-state index in [2.05, 4.69) is 5.43 Å². The zero-order valence-electron chi connectivity index (χ0n) is 7.89. The summed E-state index contributed by atoms with van der Waals surface area (Å²) in [7, 11) is 0. The summed E-state index contributed by atoms with van der Waals surface area (Å²) in [5.41, 5.74) is 5.67. The highest BCUT2D eigenvalue weighted by Crippen LogP contribution is 2.31. The molecule has 3 N–H and O–H groups in total. The molecule has 3 heteroatoms. The van der Waals surface area contributed by atoms with Crippen molar-refractivity contribution in [2.24, 2.45) is 5.84 Å². The predicted molar refractivity (Wildman–Crippen MR) is 54.5 cm³/mol. The zero-order chi connectivity index (χ0) is 9.97. The van der Waals surface area contributed by atoms with Gasteiger partial charge in [0, 0.05) is 5.56 Å². The van der Waals surface area contributed by atoms with Crippen LogP contribution in [0.4, 0.5) is 4.39 Å². The van der Waals surface area contributed by atoms with E-state index in [1.807, 2.05) is 6.07 Å². The number of allylic oxidation sites excluding steroid dienone is 1. The van der Waals surface area contributed by atoms with E-state index >= 15 is 0 Å². The van der Waals surface area contributed by atoms with E-state index in [1.54, 1.807) is 6.07 Å². The lowest BCUT2D eigenvalue weighted by atomic mass is 9.88. The second kappa shape index (κ2) is 3.80. The molecule has 0 spiro atoms. The number of hydrogen-bond donors (Lipinski definition) is 2. The Morgan fingerprint density at radius 3 is 2.64 bits per heavy atom. The second-order valence-electron chi connectivity index (χ2n) is 3.49. The van der Waals surface area contributed by atoms with Crippen LogP contribution in [0, 0.1) is 5.82 Å². The molecule has 0 heterocycles. The van der Waals surface area contributed by atoms with Crippen molar-refractivity contribution >= 4 is 5.70 Å². The van der Waals surface area contributed by atoms with Crippen molar-refractivity contribution in [1.82, 2.24) is 5.43 Å². The highest BCUT2D eigenvalue weighted by atomic mass is 19.1. The van der Waals surface area contributed by atoms with Crippen LogP contribution in [-0.2, 0) is 0 Å². The molecule has 0 amide bonds. The molecule has 0 aromatic heterocycles. The van der Waals surface area contributed by atoms with Crippen LogP contribution >= 0.6 is 0 Å². The Kier molecular flexibility index (Phi) is 2.50. The van der Waals surface area contributed by atoms with E-state index < -0.39 is 0 Å². The molecule has 14 heavy (non-hydrogen) atoms.